The minimum absolute atomic E-state index is 0.0149. The number of esters is 1. The first-order valence-electron chi connectivity index (χ1n) is 12.2. The summed E-state index contributed by atoms with van der Waals surface area (Å²) >= 11 is 0. The third-order valence-corrected chi connectivity index (χ3v) is 5.90. The lowest BCUT2D eigenvalue weighted by Crippen LogP contribution is -2.43. The van der Waals surface area contributed by atoms with Gasteiger partial charge in [-0.3, -0.25) is 14.4 Å². The number of nitrogens with zero attached hydrogens (tertiary/aromatic N) is 1. The Morgan fingerprint density at radius 3 is 1.97 bits per heavy atom. The smallest absolute Gasteiger partial charge is 0.309 e. The minimum Gasteiger partial charge on any atom is -0.486 e. The van der Waals surface area contributed by atoms with Crippen molar-refractivity contribution in [1.29, 1.82) is 0 Å². The second-order valence-corrected chi connectivity index (χ2v) is 9.82. The van der Waals surface area contributed by atoms with E-state index in [4.69, 9.17) is 9.47 Å². The second kappa shape index (κ2) is 15.1. The van der Waals surface area contributed by atoms with Crippen LogP contribution < -0.4 is 0 Å². The molecule has 4 unspecified atom stereocenters. The molecule has 0 aliphatic carbocycles. The van der Waals surface area contributed by atoms with Gasteiger partial charge in [0.05, 0.1) is 12.0 Å². The molecule has 0 rings (SSSR count). The first-order valence-corrected chi connectivity index (χ1v) is 12.2. The highest BCUT2D eigenvalue weighted by atomic mass is 16.5. The monoisotopic (exact) mass is 453 g/mol. The molecule has 0 saturated heterocycles. The molecule has 0 spiro atoms. The molecule has 0 saturated carbocycles. The number of rotatable bonds is 16. The zero-order valence-corrected chi connectivity index (χ0v) is 21.9. The topological polar surface area (TPSA) is 72.9 Å². The maximum absolute atomic E-state index is 12.9. The van der Waals surface area contributed by atoms with E-state index in [9.17, 15) is 14.4 Å². The van der Waals surface area contributed by atoms with Gasteiger partial charge in [-0.1, -0.05) is 61.5 Å². The summed E-state index contributed by atoms with van der Waals surface area (Å²) in [6, 6.07) is -0.404. The predicted octanol–water partition coefficient (Wildman–Crippen LogP) is 5.40. The summed E-state index contributed by atoms with van der Waals surface area (Å²) in [6.45, 7) is 19.7. The molecule has 6 heteroatoms. The van der Waals surface area contributed by atoms with Crippen molar-refractivity contribution in [3.63, 3.8) is 0 Å². The van der Waals surface area contributed by atoms with Crippen LogP contribution in [0.5, 0.6) is 0 Å². The van der Waals surface area contributed by atoms with Gasteiger partial charge in [-0.2, -0.15) is 0 Å². The molecule has 32 heavy (non-hydrogen) atoms. The maximum Gasteiger partial charge on any atom is 0.309 e. The first kappa shape index (κ1) is 30.1. The van der Waals surface area contributed by atoms with E-state index in [1.807, 2.05) is 27.7 Å². The van der Waals surface area contributed by atoms with Gasteiger partial charge in [0.1, 0.15) is 5.76 Å². The quantitative estimate of drug-likeness (QED) is 0.231. The number of likely N-dealkylation sites (N-methyl/N-ethyl adjacent to an activating group) is 1. The summed E-state index contributed by atoms with van der Waals surface area (Å²) in [5.74, 6) is 0.401. The number of amides is 1. The van der Waals surface area contributed by atoms with Crippen molar-refractivity contribution in [3.05, 3.63) is 12.3 Å². The van der Waals surface area contributed by atoms with Gasteiger partial charge in [-0.15, -0.1) is 0 Å². The molecule has 0 heterocycles. The Hall–Kier alpha value is -1.85. The minimum atomic E-state index is -0.606. The van der Waals surface area contributed by atoms with E-state index in [2.05, 4.69) is 27.4 Å². The van der Waals surface area contributed by atoms with E-state index in [-0.39, 0.29) is 42.0 Å². The first-order chi connectivity index (χ1) is 14.8. The van der Waals surface area contributed by atoms with Crippen molar-refractivity contribution >= 4 is 17.7 Å². The summed E-state index contributed by atoms with van der Waals surface area (Å²) in [4.78, 5) is 39.2. The van der Waals surface area contributed by atoms with Gasteiger partial charge in [-0.05, 0) is 43.9 Å². The van der Waals surface area contributed by atoms with Crippen molar-refractivity contribution in [1.82, 2.24) is 4.90 Å². The van der Waals surface area contributed by atoms with Crippen LogP contribution in [-0.2, 0) is 23.9 Å². The van der Waals surface area contributed by atoms with Gasteiger partial charge < -0.3 is 14.4 Å². The zero-order valence-electron chi connectivity index (χ0n) is 21.9. The highest BCUT2D eigenvalue weighted by Crippen LogP contribution is 2.25. The molecular weight excluding hydrogens is 406 g/mol. The van der Waals surface area contributed by atoms with Crippen LogP contribution in [0, 0.1) is 23.7 Å². The van der Waals surface area contributed by atoms with E-state index in [0.717, 1.165) is 19.3 Å². The largest absolute Gasteiger partial charge is 0.486 e. The van der Waals surface area contributed by atoms with Crippen molar-refractivity contribution in [3.8, 4) is 0 Å². The van der Waals surface area contributed by atoms with E-state index in [1.165, 1.54) is 4.90 Å². The molecule has 0 bridgehead atoms. The Morgan fingerprint density at radius 1 is 0.938 bits per heavy atom. The SMILES string of the molecule is C=C(OC(C)C(=O)CCC)C(CC(C)C)N(C)C(=O)COC(=O)C(CC(C)C)C(C)CC. The van der Waals surface area contributed by atoms with Gasteiger partial charge in [0.15, 0.2) is 18.5 Å². The van der Waals surface area contributed by atoms with Crippen LogP contribution in [0.3, 0.4) is 0 Å². The zero-order chi connectivity index (χ0) is 25.0. The fourth-order valence-electron chi connectivity index (χ4n) is 3.64. The van der Waals surface area contributed by atoms with Gasteiger partial charge in [0, 0.05) is 13.5 Å². The fraction of sp³-hybridized carbons (Fsp3) is 0.808. The molecule has 0 fully saturated rings. The van der Waals surface area contributed by atoms with Crippen LogP contribution in [0.25, 0.3) is 0 Å². The lowest BCUT2D eigenvalue weighted by atomic mass is 9.85. The predicted molar refractivity (Wildman–Crippen MR) is 129 cm³/mol. The normalized spacial score (nSPS) is 15.1. The summed E-state index contributed by atoms with van der Waals surface area (Å²) in [6.07, 6.45) is 2.84. The second-order valence-electron chi connectivity index (χ2n) is 9.82. The van der Waals surface area contributed by atoms with Crippen LogP contribution in [0.2, 0.25) is 0 Å². The van der Waals surface area contributed by atoms with Crippen LogP contribution in [0.1, 0.15) is 87.5 Å². The van der Waals surface area contributed by atoms with Gasteiger partial charge >= 0.3 is 5.97 Å². The summed E-state index contributed by atoms with van der Waals surface area (Å²) in [5, 5.41) is 0. The highest BCUT2D eigenvalue weighted by Gasteiger charge is 2.30. The molecule has 186 valence electrons. The molecular formula is C26H47NO5. The lowest BCUT2D eigenvalue weighted by molar-refractivity contribution is -0.158. The lowest BCUT2D eigenvalue weighted by Gasteiger charge is -2.32. The van der Waals surface area contributed by atoms with E-state index < -0.39 is 12.1 Å². The van der Waals surface area contributed by atoms with Crippen molar-refractivity contribution in [2.45, 2.75) is 99.6 Å². The van der Waals surface area contributed by atoms with E-state index in [0.29, 0.717) is 24.5 Å². The number of carbonyl (C=O) groups is 3. The molecule has 4 atom stereocenters. The van der Waals surface area contributed by atoms with Crippen LogP contribution in [0.15, 0.2) is 12.3 Å². The molecule has 0 aromatic rings. The summed E-state index contributed by atoms with van der Waals surface area (Å²) in [5.41, 5.74) is 0. The van der Waals surface area contributed by atoms with Gasteiger partial charge in [0.25, 0.3) is 5.91 Å². The summed E-state index contributed by atoms with van der Waals surface area (Å²) in [7, 11) is 1.66. The molecule has 0 aliphatic heterocycles. The summed E-state index contributed by atoms with van der Waals surface area (Å²) < 4.78 is 11.2. The average Bonchev–Trinajstić information content (AvgIpc) is 2.72. The van der Waals surface area contributed by atoms with Crippen LogP contribution in [0.4, 0.5) is 0 Å². The third-order valence-electron chi connectivity index (χ3n) is 5.90. The third kappa shape index (κ3) is 10.6. The Bertz CT molecular complexity index is 613. The van der Waals surface area contributed by atoms with Crippen LogP contribution in [-0.4, -0.2) is 48.4 Å². The molecule has 0 aromatic heterocycles. The van der Waals surface area contributed by atoms with Crippen molar-refractivity contribution < 1.29 is 23.9 Å². The molecule has 0 aromatic carbocycles. The van der Waals surface area contributed by atoms with Gasteiger partial charge in [0.2, 0.25) is 0 Å². The van der Waals surface area contributed by atoms with Gasteiger partial charge in [-0.25, -0.2) is 0 Å². The number of Topliss-reactive ketones (excluding diaryl/α,β-unsaturated/α-hetero) is 1. The standard InChI is InChI=1S/C26H47NO5/c1-11-13-24(28)21(9)32-20(8)23(15-18(5)6)27(10)25(29)16-31-26(30)22(14-17(3)4)19(7)12-2/h17-19,21-23H,8,11-16H2,1-7,9-10H3. The van der Waals surface area contributed by atoms with Crippen molar-refractivity contribution in [2.24, 2.45) is 23.7 Å². The molecule has 0 aliphatic rings. The Kier molecular flexibility index (Phi) is 14.2. The average molecular weight is 454 g/mol. The van der Waals surface area contributed by atoms with E-state index in [1.54, 1.807) is 14.0 Å². The Balaban J connectivity index is 5.19. The number of hydrogen-bond donors (Lipinski definition) is 0. The highest BCUT2D eigenvalue weighted by molar-refractivity contribution is 5.83. The number of hydrogen-bond acceptors (Lipinski definition) is 5. The number of ether oxygens (including phenoxy) is 2. The van der Waals surface area contributed by atoms with E-state index >= 15 is 0 Å². The molecule has 0 N–H and O–H groups in total. The molecule has 1 amide bonds. The Morgan fingerprint density at radius 2 is 1.50 bits per heavy atom. The Labute approximate surface area is 196 Å². The number of ketones is 1. The maximum atomic E-state index is 12.9. The van der Waals surface area contributed by atoms with Crippen molar-refractivity contribution in [2.75, 3.05) is 13.7 Å². The number of carbonyl (C=O) groups excluding carboxylic acids is 3. The molecule has 6 nitrogen and oxygen atoms in total. The fourth-order valence-corrected chi connectivity index (χ4v) is 3.64. The molecule has 0 radical (unpaired) electrons. The van der Waals surface area contributed by atoms with Crippen LogP contribution >= 0.6 is 0 Å².